The average Bonchev–Trinajstić information content (AvgIpc) is 1.98. The third kappa shape index (κ3) is 3.12. The molecule has 2 N–H and O–H groups in total. The monoisotopic (exact) mass is 170 g/mol. The van der Waals surface area contributed by atoms with Gasteiger partial charge in [0.1, 0.15) is 0 Å². The Morgan fingerprint density at radius 3 is 1.17 bits per heavy atom. The van der Waals surface area contributed by atoms with Crippen molar-refractivity contribution in [3.8, 4) is 11.8 Å². The van der Waals surface area contributed by atoms with Crippen molar-refractivity contribution in [1.29, 1.82) is 0 Å². The summed E-state index contributed by atoms with van der Waals surface area (Å²) in [7, 11) is 0. The number of carboxylic acid groups (broad SMARTS) is 2. The molecule has 62 valence electrons. The molecule has 0 saturated carbocycles. The number of carbonyl (C=O) groups is 4. The van der Waals surface area contributed by atoms with Crippen molar-refractivity contribution in [2.24, 2.45) is 0 Å². The summed E-state index contributed by atoms with van der Waals surface area (Å²) in [5.41, 5.74) is 0. The first-order valence-corrected chi connectivity index (χ1v) is 2.51. The van der Waals surface area contributed by atoms with Gasteiger partial charge in [0.05, 0.1) is 0 Å². The van der Waals surface area contributed by atoms with Gasteiger partial charge in [-0.25, -0.2) is 9.59 Å². The standard InChI is InChI=1S/C6H2O6/c7-3(5(9)10)1-2-4(8)6(11)12/h(H,9,10)(H,11,12). The Kier molecular flexibility index (Phi) is 3.18. The molecule has 12 heavy (non-hydrogen) atoms. The van der Waals surface area contributed by atoms with Crippen LogP contribution in [-0.4, -0.2) is 33.7 Å². The van der Waals surface area contributed by atoms with Crippen molar-refractivity contribution in [1.82, 2.24) is 0 Å². The zero-order valence-corrected chi connectivity index (χ0v) is 5.53. The van der Waals surface area contributed by atoms with E-state index < -0.39 is 23.5 Å². The van der Waals surface area contributed by atoms with Crippen molar-refractivity contribution in [2.75, 3.05) is 0 Å². The van der Waals surface area contributed by atoms with Crippen molar-refractivity contribution in [2.45, 2.75) is 0 Å². The summed E-state index contributed by atoms with van der Waals surface area (Å²) in [6.07, 6.45) is 0. The molecule has 6 nitrogen and oxygen atoms in total. The lowest BCUT2D eigenvalue weighted by molar-refractivity contribution is -0.146. The molecule has 0 rings (SSSR count). The van der Waals surface area contributed by atoms with Crippen LogP contribution in [0.2, 0.25) is 0 Å². The van der Waals surface area contributed by atoms with E-state index in [0.717, 1.165) is 0 Å². The number of hydrogen-bond acceptors (Lipinski definition) is 4. The van der Waals surface area contributed by atoms with Crippen molar-refractivity contribution in [3.05, 3.63) is 0 Å². The van der Waals surface area contributed by atoms with Gasteiger partial charge in [-0.1, -0.05) is 0 Å². The molecule has 0 bridgehead atoms. The van der Waals surface area contributed by atoms with Gasteiger partial charge in [-0.3, -0.25) is 9.59 Å². The molecule has 0 radical (unpaired) electrons. The van der Waals surface area contributed by atoms with E-state index in [4.69, 9.17) is 10.2 Å². The van der Waals surface area contributed by atoms with Crippen LogP contribution in [0.25, 0.3) is 0 Å². The quantitative estimate of drug-likeness (QED) is 0.290. The number of aliphatic carboxylic acids is 2. The van der Waals surface area contributed by atoms with Crippen molar-refractivity contribution >= 4 is 23.5 Å². The summed E-state index contributed by atoms with van der Waals surface area (Å²) in [5, 5.41) is 15.8. The number of carboxylic acids is 2. The van der Waals surface area contributed by atoms with E-state index in [0.29, 0.717) is 0 Å². The Morgan fingerprint density at radius 2 is 1.00 bits per heavy atom. The van der Waals surface area contributed by atoms with Crippen LogP contribution in [-0.2, 0) is 19.2 Å². The van der Waals surface area contributed by atoms with Gasteiger partial charge in [-0.05, 0) is 11.8 Å². The third-order valence-corrected chi connectivity index (χ3v) is 0.678. The first-order valence-electron chi connectivity index (χ1n) is 2.51. The fraction of sp³-hybridized carbons (Fsp3) is 0. The fourth-order valence-electron chi connectivity index (χ4n) is 0.220. The van der Waals surface area contributed by atoms with E-state index in [9.17, 15) is 19.2 Å². The third-order valence-electron chi connectivity index (χ3n) is 0.678. The Hall–Kier alpha value is -2.16. The topological polar surface area (TPSA) is 109 Å². The van der Waals surface area contributed by atoms with E-state index in [-0.39, 0.29) is 0 Å². The average molecular weight is 170 g/mol. The van der Waals surface area contributed by atoms with Gasteiger partial charge in [0.2, 0.25) is 0 Å². The second-order valence-corrected chi connectivity index (χ2v) is 1.52. The van der Waals surface area contributed by atoms with Gasteiger partial charge in [-0.15, -0.1) is 0 Å². The predicted octanol–water partition coefficient (Wildman–Crippen LogP) is -1.70. The van der Waals surface area contributed by atoms with Crippen molar-refractivity contribution < 1.29 is 29.4 Å². The summed E-state index contributed by atoms with van der Waals surface area (Å²) in [6, 6.07) is 0. The summed E-state index contributed by atoms with van der Waals surface area (Å²) in [6.45, 7) is 0. The molecule has 0 atom stereocenters. The highest BCUT2D eigenvalue weighted by Crippen LogP contribution is 1.71. The minimum absolute atomic E-state index is 1.34. The summed E-state index contributed by atoms with van der Waals surface area (Å²) < 4.78 is 0. The molecule has 0 saturated heterocycles. The van der Waals surface area contributed by atoms with Gasteiger partial charge in [0.25, 0.3) is 0 Å². The van der Waals surface area contributed by atoms with Crippen LogP contribution in [0.15, 0.2) is 0 Å². The molecule has 0 aromatic rings. The van der Waals surface area contributed by atoms with Gasteiger partial charge in [0, 0.05) is 0 Å². The maximum Gasteiger partial charge on any atom is 0.385 e. The fourth-order valence-corrected chi connectivity index (χ4v) is 0.220. The highest BCUT2D eigenvalue weighted by molar-refractivity contribution is 6.44. The van der Waals surface area contributed by atoms with Gasteiger partial charge < -0.3 is 10.2 Å². The van der Waals surface area contributed by atoms with Crippen LogP contribution >= 0.6 is 0 Å². The SMILES string of the molecule is O=C(O)C(=O)C#CC(=O)C(=O)O. The largest absolute Gasteiger partial charge is 0.475 e. The highest BCUT2D eigenvalue weighted by atomic mass is 16.4. The molecule has 0 aliphatic carbocycles. The number of hydrogen-bond donors (Lipinski definition) is 2. The lowest BCUT2D eigenvalue weighted by atomic mass is 10.3. The van der Waals surface area contributed by atoms with Crippen LogP contribution in [0.1, 0.15) is 0 Å². The zero-order chi connectivity index (χ0) is 9.72. The molecule has 0 aromatic heterocycles. The number of Topliss-reactive ketones (excluding diaryl/α,β-unsaturated/α-hetero) is 2. The van der Waals surface area contributed by atoms with Crippen LogP contribution in [0.5, 0.6) is 0 Å². The molecule has 0 fully saturated rings. The van der Waals surface area contributed by atoms with E-state index in [2.05, 4.69) is 0 Å². The van der Waals surface area contributed by atoms with Crippen LogP contribution in [0.3, 0.4) is 0 Å². The van der Waals surface area contributed by atoms with E-state index in [1.54, 1.807) is 0 Å². The van der Waals surface area contributed by atoms with Crippen molar-refractivity contribution in [3.63, 3.8) is 0 Å². The Labute approximate surface area is 65.8 Å². The van der Waals surface area contributed by atoms with Crippen LogP contribution < -0.4 is 0 Å². The molecule has 0 aromatic carbocycles. The lowest BCUT2D eigenvalue weighted by Gasteiger charge is -1.78. The van der Waals surface area contributed by atoms with E-state index in [1.165, 1.54) is 11.8 Å². The predicted molar refractivity (Wildman–Crippen MR) is 33.1 cm³/mol. The van der Waals surface area contributed by atoms with Crippen LogP contribution in [0, 0.1) is 11.8 Å². The summed E-state index contributed by atoms with van der Waals surface area (Å²) in [4.78, 5) is 39.8. The second kappa shape index (κ2) is 3.88. The van der Waals surface area contributed by atoms with Gasteiger partial charge in [-0.2, -0.15) is 0 Å². The summed E-state index contributed by atoms with van der Waals surface area (Å²) >= 11 is 0. The minimum Gasteiger partial charge on any atom is -0.475 e. The molecule has 0 aliphatic rings. The molecule has 6 heteroatoms. The molecule has 0 aliphatic heterocycles. The number of carbonyl (C=O) groups excluding carboxylic acids is 2. The molecule has 0 unspecified atom stereocenters. The first-order chi connectivity index (χ1) is 5.45. The Morgan fingerprint density at radius 1 is 0.750 bits per heavy atom. The highest BCUT2D eigenvalue weighted by Gasteiger charge is 2.10. The lowest BCUT2D eigenvalue weighted by Crippen LogP contribution is -2.13. The summed E-state index contributed by atoms with van der Waals surface area (Å²) in [5.74, 6) is -4.02. The Bertz CT molecular complexity index is 285. The maximum atomic E-state index is 10.2. The Balaban J connectivity index is 4.43. The molecule has 0 amide bonds. The minimum atomic E-state index is -1.83. The normalized spacial score (nSPS) is 7.67. The number of rotatable bonds is 2. The van der Waals surface area contributed by atoms with Gasteiger partial charge >= 0.3 is 23.5 Å². The zero-order valence-electron chi connectivity index (χ0n) is 5.53. The molecule has 0 spiro atoms. The first kappa shape index (κ1) is 9.84. The van der Waals surface area contributed by atoms with Crippen LogP contribution in [0.4, 0.5) is 0 Å². The van der Waals surface area contributed by atoms with E-state index in [1.807, 2.05) is 0 Å². The smallest absolute Gasteiger partial charge is 0.385 e. The number of ketones is 2. The second-order valence-electron chi connectivity index (χ2n) is 1.52. The maximum absolute atomic E-state index is 10.2. The molecular formula is C6H2O6. The van der Waals surface area contributed by atoms with E-state index >= 15 is 0 Å². The van der Waals surface area contributed by atoms with Gasteiger partial charge in [0.15, 0.2) is 0 Å². The molecular weight excluding hydrogens is 168 g/mol. The molecule has 0 heterocycles.